The Morgan fingerprint density at radius 3 is 2.86 bits per heavy atom. The van der Waals surface area contributed by atoms with E-state index in [9.17, 15) is 14.4 Å². The van der Waals surface area contributed by atoms with E-state index in [-0.39, 0.29) is 23.9 Å². The van der Waals surface area contributed by atoms with Crippen LogP contribution in [0.15, 0.2) is 46.8 Å². The molecular weight excluding hydrogens is 386 g/mol. The van der Waals surface area contributed by atoms with Crippen molar-refractivity contribution in [1.82, 2.24) is 5.32 Å². The van der Waals surface area contributed by atoms with Crippen LogP contribution in [-0.2, 0) is 9.59 Å². The van der Waals surface area contributed by atoms with Gasteiger partial charge in [-0.05, 0) is 30.5 Å². The molecule has 3 rings (SSSR count). The number of Topliss-reactive ketones (excluding diaryl/α,β-unsaturated/α-hetero) is 1. The van der Waals surface area contributed by atoms with Crippen LogP contribution < -0.4 is 14.8 Å². The molecule has 1 aromatic heterocycles. The number of carbonyl (C=O) groups is 3. The molecule has 1 atom stereocenters. The van der Waals surface area contributed by atoms with Gasteiger partial charge >= 0.3 is 5.97 Å². The average Bonchev–Trinajstić information content (AvgIpc) is 3.28. The number of hydrogen-bond acceptors (Lipinski definition) is 7. The molecule has 1 unspecified atom stereocenters. The monoisotopic (exact) mass is 403 g/mol. The molecule has 28 heavy (non-hydrogen) atoms. The van der Waals surface area contributed by atoms with Gasteiger partial charge in [-0.3, -0.25) is 9.59 Å². The van der Waals surface area contributed by atoms with E-state index in [1.807, 2.05) is 0 Å². The predicted molar refractivity (Wildman–Crippen MR) is 102 cm³/mol. The van der Waals surface area contributed by atoms with Crippen molar-refractivity contribution in [2.45, 2.75) is 6.04 Å². The SMILES string of the molecule is CSCC(NC(=O)COc1ccc2c(c1)OC(=Cc1ccco1)C2=O)C(=O)O. The second-order valence-electron chi connectivity index (χ2n) is 5.82. The van der Waals surface area contributed by atoms with Crippen LogP contribution in [0.2, 0.25) is 0 Å². The Labute approximate surface area is 164 Å². The first-order valence-electron chi connectivity index (χ1n) is 8.23. The van der Waals surface area contributed by atoms with Crippen molar-refractivity contribution in [2.24, 2.45) is 0 Å². The molecule has 1 amide bonds. The number of aliphatic carboxylic acids is 1. The molecule has 9 heteroatoms. The third-order valence-electron chi connectivity index (χ3n) is 3.79. The van der Waals surface area contributed by atoms with Gasteiger partial charge in [0.2, 0.25) is 5.78 Å². The first-order chi connectivity index (χ1) is 13.5. The molecule has 2 aromatic rings. The smallest absolute Gasteiger partial charge is 0.327 e. The summed E-state index contributed by atoms with van der Waals surface area (Å²) >= 11 is 1.31. The third-order valence-corrected chi connectivity index (χ3v) is 4.46. The number of ether oxygens (including phenoxy) is 2. The van der Waals surface area contributed by atoms with Gasteiger partial charge in [0.15, 0.2) is 12.4 Å². The summed E-state index contributed by atoms with van der Waals surface area (Å²) in [6.45, 7) is -0.361. The summed E-state index contributed by atoms with van der Waals surface area (Å²) in [4.78, 5) is 35.3. The van der Waals surface area contributed by atoms with Gasteiger partial charge in [-0.2, -0.15) is 11.8 Å². The summed E-state index contributed by atoms with van der Waals surface area (Å²) in [5.74, 6) is -0.453. The maximum atomic E-state index is 12.3. The quantitative estimate of drug-likeness (QED) is 0.645. The Morgan fingerprint density at radius 2 is 2.18 bits per heavy atom. The Hall–Kier alpha value is -3.20. The van der Waals surface area contributed by atoms with Crippen LogP contribution in [0.4, 0.5) is 0 Å². The van der Waals surface area contributed by atoms with Crippen LogP contribution in [0, 0.1) is 0 Å². The van der Waals surface area contributed by atoms with Gasteiger partial charge in [-0.15, -0.1) is 0 Å². The summed E-state index contributed by atoms with van der Waals surface area (Å²) in [5.41, 5.74) is 0.375. The van der Waals surface area contributed by atoms with Gasteiger partial charge in [-0.25, -0.2) is 4.79 Å². The Kier molecular flexibility index (Phi) is 6.05. The molecule has 0 aliphatic carbocycles. The number of benzene rings is 1. The number of carboxylic acids is 1. The summed E-state index contributed by atoms with van der Waals surface area (Å²) in [7, 11) is 0. The number of carboxylic acid groups (broad SMARTS) is 1. The van der Waals surface area contributed by atoms with Crippen LogP contribution in [0.1, 0.15) is 16.1 Å². The molecule has 0 bridgehead atoms. The number of furan rings is 1. The number of thioether (sulfide) groups is 1. The molecule has 0 spiro atoms. The van der Waals surface area contributed by atoms with E-state index in [0.29, 0.717) is 22.8 Å². The van der Waals surface area contributed by atoms with Gasteiger partial charge in [0.05, 0.1) is 11.8 Å². The molecule has 0 fully saturated rings. The zero-order chi connectivity index (χ0) is 20.1. The van der Waals surface area contributed by atoms with Gasteiger partial charge in [0.25, 0.3) is 5.91 Å². The minimum Gasteiger partial charge on any atom is -0.484 e. The van der Waals surface area contributed by atoms with Crippen LogP contribution in [0.25, 0.3) is 6.08 Å². The van der Waals surface area contributed by atoms with Gasteiger partial charge < -0.3 is 24.3 Å². The summed E-state index contributed by atoms with van der Waals surface area (Å²) in [6.07, 6.45) is 4.73. The number of hydrogen-bond donors (Lipinski definition) is 2. The zero-order valence-corrected chi connectivity index (χ0v) is 15.7. The highest BCUT2D eigenvalue weighted by Gasteiger charge is 2.28. The topological polar surface area (TPSA) is 115 Å². The molecule has 146 valence electrons. The lowest BCUT2D eigenvalue weighted by atomic mass is 10.1. The van der Waals surface area contributed by atoms with E-state index in [4.69, 9.17) is 19.0 Å². The number of fused-ring (bicyclic) bond motifs is 1. The third kappa shape index (κ3) is 4.55. The molecule has 8 nitrogen and oxygen atoms in total. The maximum Gasteiger partial charge on any atom is 0.327 e. The van der Waals surface area contributed by atoms with Crippen molar-refractivity contribution < 1.29 is 33.4 Å². The van der Waals surface area contributed by atoms with E-state index < -0.39 is 17.9 Å². The highest BCUT2D eigenvalue weighted by Crippen LogP contribution is 2.34. The van der Waals surface area contributed by atoms with Crippen molar-refractivity contribution in [3.63, 3.8) is 0 Å². The van der Waals surface area contributed by atoms with Gasteiger partial charge in [0.1, 0.15) is 23.3 Å². The van der Waals surface area contributed by atoms with Crippen molar-refractivity contribution in [3.05, 3.63) is 53.7 Å². The second-order valence-corrected chi connectivity index (χ2v) is 6.73. The molecule has 0 radical (unpaired) electrons. The molecule has 1 aliphatic rings. The lowest BCUT2D eigenvalue weighted by Gasteiger charge is -2.13. The van der Waals surface area contributed by atoms with E-state index in [0.717, 1.165) is 0 Å². The minimum atomic E-state index is -1.11. The van der Waals surface area contributed by atoms with Crippen molar-refractivity contribution in [3.8, 4) is 11.5 Å². The van der Waals surface area contributed by atoms with Gasteiger partial charge in [-0.1, -0.05) is 0 Å². The summed E-state index contributed by atoms with van der Waals surface area (Å²) < 4.78 is 16.1. The zero-order valence-electron chi connectivity index (χ0n) is 14.8. The number of amides is 1. The lowest BCUT2D eigenvalue weighted by Crippen LogP contribution is -2.44. The van der Waals surface area contributed by atoms with Gasteiger partial charge in [0, 0.05) is 17.9 Å². The number of rotatable bonds is 8. The molecular formula is C19H17NO7S. The van der Waals surface area contributed by atoms with E-state index in [2.05, 4.69) is 5.32 Å². The first kappa shape index (κ1) is 19.6. The predicted octanol–water partition coefficient (Wildman–Crippen LogP) is 2.21. The fourth-order valence-electron chi connectivity index (χ4n) is 2.49. The number of ketones is 1. The number of allylic oxidation sites excluding steroid dienone is 1. The van der Waals surface area contributed by atoms with Crippen molar-refractivity contribution in [2.75, 3.05) is 18.6 Å². The molecule has 0 saturated carbocycles. The standard InChI is InChI=1S/C19H17NO7S/c1-28-10-14(19(23)24)20-17(21)9-26-12-4-5-13-15(7-12)27-16(18(13)22)8-11-3-2-6-25-11/h2-8,14H,9-10H2,1H3,(H,20,21)(H,23,24). The fraction of sp³-hybridized carbons (Fsp3) is 0.211. The molecule has 2 N–H and O–H groups in total. The highest BCUT2D eigenvalue weighted by molar-refractivity contribution is 7.98. The number of carbonyl (C=O) groups excluding carboxylic acids is 2. The number of nitrogens with one attached hydrogen (secondary N) is 1. The molecule has 1 aromatic carbocycles. The summed E-state index contributed by atoms with van der Waals surface area (Å²) in [6, 6.07) is 6.99. The van der Waals surface area contributed by atoms with E-state index in [1.165, 1.54) is 30.2 Å². The molecule has 1 aliphatic heterocycles. The Morgan fingerprint density at radius 1 is 1.36 bits per heavy atom. The Balaban J connectivity index is 1.62. The van der Waals surface area contributed by atoms with Crippen molar-refractivity contribution in [1.29, 1.82) is 0 Å². The van der Waals surface area contributed by atoms with Crippen LogP contribution >= 0.6 is 11.8 Å². The minimum absolute atomic E-state index is 0.126. The Bertz CT molecular complexity index is 920. The van der Waals surface area contributed by atoms with E-state index in [1.54, 1.807) is 30.5 Å². The molecule has 0 saturated heterocycles. The normalized spacial score (nSPS) is 15.0. The first-order valence-corrected chi connectivity index (χ1v) is 9.63. The molecule has 2 heterocycles. The van der Waals surface area contributed by atoms with E-state index >= 15 is 0 Å². The maximum absolute atomic E-state index is 12.3. The van der Waals surface area contributed by atoms with Crippen LogP contribution in [0.3, 0.4) is 0 Å². The van der Waals surface area contributed by atoms with Crippen LogP contribution in [0.5, 0.6) is 11.5 Å². The van der Waals surface area contributed by atoms with Crippen LogP contribution in [-0.4, -0.2) is 47.4 Å². The second kappa shape index (κ2) is 8.66. The summed E-state index contributed by atoms with van der Waals surface area (Å²) in [5, 5.41) is 11.4. The fourth-order valence-corrected chi connectivity index (χ4v) is 3.05. The average molecular weight is 403 g/mol. The lowest BCUT2D eigenvalue weighted by molar-refractivity contribution is -0.141. The largest absolute Gasteiger partial charge is 0.484 e. The highest BCUT2D eigenvalue weighted by atomic mass is 32.2. The van der Waals surface area contributed by atoms with Crippen molar-refractivity contribution >= 4 is 35.5 Å².